The molecule has 0 spiro atoms. The maximum atomic E-state index is 13.8. The SMILES string of the molecule is FC(Cc1ccccc1)Cc1ccccc1. The normalized spacial score (nSPS) is 10.6. The molecule has 0 N–H and O–H groups in total. The topological polar surface area (TPSA) is 0 Å². The van der Waals surface area contributed by atoms with Crippen molar-refractivity contribution in [3.63, 3.8) is 0 Å². The van der Waals surface area contributed by atoms with Gasteiger partial charge in [-0.05, 0) is 11.1 Å². The Bertz CT molecular complexity index is 366. The van der Waals surface area contributed by atoms with Crippen molar-refractivity contribution in [1.82, 2.24) is 0 Å². The van der Waals surface area contributed by atoms with Gasteiger partial charge in [0.25, 0.3) is 0 Å². The van der Waals surface area contributed by atoms with Crippen LogP contribution < -0.4 is 0 Å². The number of rotatable bonds is 4. The van der Waals surface area contributed by atoms with Gasteiger partial charge in [0.05, 0.1) is 0 Å². The Morgan fingerprint density at radius 2 is 1.06 bits per heavy atom. The summed E-state index contributed by atoms with van der Waals surface area (Å²) in [7, 11) is 0. The fraction of sp³-hybridized carbons (Fsp3) is 0.200. The van der Waals surface area contributed by atoms with Crippen LogP contribution in [-0.4, -0.2) is 6.17 Å². The molecule has 16 heavy (non-hydrogen) atoms. The molecule has 0 heterocycles. The Morgan fingerprint density at radius 1 is 0.688 bits per heavy atom. The lowest BCUT2D eigenvalue weighted by molar-refractivity contribution is 0.330. The van der Waals surface area contributed by atoms with Gasteiger partial charge < -0.3 is 0 Å². The molecule has 2 aromatic rings. The molecule has 0 aliphatic carbocycles. The van der Waals surface area contributed by atoms with E-state index >= 15 is 0 Å². The van der Waals surface area contributed by atoms with Gasteiger partial charge in [-0.15, -0.1) is 0 Å². The van der Waals surface area contributed by atoms with Crippen molar-refractivity contribution < 1.29 is 4.39 Å². The number of hydrogen-bond acceptors (Lipinski definition) is 0. The predicted molar refractivity (Wildman–Crippen MR) is 65.2 cm³/mol. The van der Waals surface area contributed by atoms with Crippen LogP contribution in [0.3, 0.4) is 0 Å². The van der Waals surface area contributed by atoms with E-state index in [1.807, 2.05) is 60.7 Å². The van der Waals surface area contributed by atoms with Gasteiger partial charge in [-0.3, -0.25) is 0 Å². The lowest BCUT2D eigenvalue weighted by Gasteiger charge is -2.08. The summed E-state index contributed by atoms with van der Waals surface area (Å²) in [6, 6.07) is 19.6. The van der Waals surface area contributed by atoms with E-state index in [4.69, 9.17) is 0 Å². The number of alkyl halides is 1. The number of halogens is 1. The van der Waals surface area contributed by atoms with E-state index in [1.54, 1.807) is 0 Å². The fourth-order valence-electron chi connectivity index (χ4n) is 1.81. The van der Waals surface area contributed by atoms with E-state index in [-0.39, 0.29) is 0 Å². The van der Waals surface area contributed by atoms with Crippen LogP contribution >= 0.6 is 0 Å². The van der Waals surface area contributed by atoms with Crippen molar-refractivity contribution in [2.24, 2.45) is 0 Å². The molecule has 0 nitrogen and oxygen atoms in total. The first kappa shape index (κ1) is 10.9. The minimum atomic E-state index is -0.801. The zero-order valence-electron chi connectivity index (χ0n) is 9.14. The summed E-state index contributed by atoms with van der Waals surface area (Å²) < 4.78 is 13.8. The van der Waals surface area contributed by atoms with Gasteiger partial charge in [-0.25, -0.2) is 4.39 Å². The summed E-state index contributed by atoms with van der Waals surface area (Å²) in [6.07, 6.45) is 0.190. The maximum absolute atomic E-state index is 13.8. The highest BCUT2D eigenvalue weighted by atomic mass is 19.1. The van der Waals surface area contributed by atoms with Crippen LogP contribution in [0.4, 0.5) is 4.39 Å². The van der Waals surface area contributed by atoms with Gasteiger partial charge in [0.2, 0.25) is 0 Å². The highest BCUT2D eigenvalue weighted by molar-refractivity contribution is 5.18. The minimum absolute atomic E-state index is 0.496. The Hall–Kier alpha value is -1.63. The fourth-order valence-corrected chi connectivity index (χ4v) is 1.81. The Morgan fingerprint density at radius 3 is 1.44 bits per heavy atom. The molecule has 0 saturated heterocycles. The van der Waals surface area contributed by atoms with Gasteiger partial charge in [-0.1, -0.05) is 60.7 Å². The smallest absolute Gasteiger partial charge is 0.108 e. The van der Waals surface area contributed by atoms with Crippen LogP contribution in [0.5, 0.6) is 0 Å². The standard InChI is InChI=1S/C15H15F/c16-15(11-13-7-3-1-4-8-13)12-14-9-5-2-6-10-14/h1-10,15H,11-12H2. The van der Waals surface area contributed by atoms with Crippen molar-refractivity contribution in [1.29, 1.82) is 0 Å². The third kappa shape index (κ3) is 3.20. The summed E-state index contributed by atoms with van der Waals surface area (Å²) >= 11 is 0. The molecule has 0 amide bonds. The molecule has 0 unspecified atom stereocenters. The average Bonchev–Trinajstić information content (AvgIpc) is 2.31. The van der Waals surface area contributed by atoms with Crippen molar-refractivity contribution >= 4 is 0 Å². The second kappa shape index (κ2) is 5.45. The largest absolute Gasteiger partial charge is 0.247 e. The highest BCUT2D eigenvalue weighted by Crippen LogP contribution is 2.11. The Kier molecular flexibility index (Phi) is 3.71. The molecular weight excluding hydrogens is 199 g/mol. The van der Waals surface area contributed by atoms with Crippen molar-refractivity contribution in [3.05, 3.63) is 71.8 Å². The van der Waals surface area contributed by atoms with Crippen LogP contribution in [0.25, 0.3) is 0 Å². The number of hydrogen-bond donors (Lipinski definition) is 0. The molecular formula is C15H15F. The molecule has 0 radical (unpaired) electrons. The summed E-state index contributed by atoms with van der Waals surface area (Å²) in [5.41, 5.74) is 2.12. The van der Waals surface area contributed by atoms with Crippen LogP contribution in [0.1, 0.15) is 11.1 Å². The molecule has 2 rings (SSSR count). The second-order valence-electron chi connectivity index (χ2n) is 3.98. The Labute approximate surface area is 95.7 Å². The van der Waals surface area contributed by atoms with E-state index in [9.17, 15) is 4.39 Å². The molecule has 0 aliphatic rings. The van der Waals surface area contributed by atoms with E-state index in [0.717, 1.165) is 11.1 Å². The molecule has 0 aliphatic heterocycles. The first-order valence-corrected chi connectivity index (χ1v) is 5.56. The molecule has 0 saturated carbocycles. The molecule has 82 valence electrons. The van der Waals surface area contributed by atoms with Crippen LogP contribution in [0, 0.1) is 0 Å². The van der Waals surface area contributed by atoms with Gasteiger partial charge in [0.15, 0.2) is 0 Å². The lowest BCUT2D eigenvalue weighted by Crippen LogP contribution is -2.08. The van der Waals surface area contributed by atoms with Gasteiger partial charge >= 0.3 is 0 Å². The third-order valence-corrected chi connectivity index (χ3v) is 2.60. The molecule has 0 atom stereocenters. The molecule has 0 fully saturated rings. The van der Waals surface area contributed by atoms with E-state index < -0.39 is 6.17 Å². The Balaban J connectivity index is 1.92. The van der Waals surface area contributed by atoms with Crippen LogP contribution in [0.2, 0.25) is 0 Å². The van der Waals surface area contributed by atoms with Gasteiger partial charge in [-0.2, -0.15) is 0 Å². The first-order chi connectivity index (χ1) is 7.84. The van der Waals surface area contributed by atoms with Crippen LogP contribution in [-0.2, 0) is 12.8 Å². The third-order valence-electron chi connectivity index (χ3n) is 2.60. The predicted octanol–water partition coefficient (Wildman–Crippen LogP) is 3.81. The summed E-state index contributed by atoms with van der Waals surface area (Å²) in [5, 5.41) is 0. The molecule has 1 heteroatoms. The number of benzene rings is 2. The van der Waals surface area contributed by atoms with Crippen molar-refractivity contribution in [2.45, 2.75) is 19.0 Å². The second-order valence-corrected chi connectivity index (χ2v) is 3.98. The van der Waals surface area contributed by atoms with E-state index in [2.05, 4.69) is 0 Å². The highest BCUT2D eigenvalue weighted by Gasteiger charge is 2.08. The van der Waals surface area contributed by atoms with Crippen molar-refractivity contribution in [2.75, 3.05) is 0 Å². The van der Waals surface area contributed by atoms with Crippen LogP contribution in [0.15, 0.2) is 60.7 Å². The minimum Gasteiger partial charge on any atom is -0.247 e. The summed E-state index contributed by atoms with van der Waals surface area (Å²) in [6.45, 7) is 0. The monoisotopic (exact) mass is 214 g/mol. The molecule has 0 bridgehead atoms. The zero-order chi connectivity index (χ0) is 11.2. The summed E-state index contributed by atoms with van der Waals surface area (Å²) in [5.74, 6) is 0. The lowest BCUT2D eigenvalue weighted by atomic mass is 10.0. The van der Waals surface area contributed by atoms with Gasteiger partial charge in [0, 0.05) is 12.8 Å². The van der Waals surface area contributed by atoms with Gasteiger partial charge in [0.1, 0.15) is 6.17 Å². The average molecular weight is 214 g/mol. The quantitative estimate of drug-likeness (QED) is 0.726. The van der Waals surface area contributed by atoms with E-state index in [1.165, 1.54) is 0 Å². The first-order valence-electron chi connectivity index (χ1n) is 5.56. The van der Waals surface area contributed by atoms with Crippen molar-refractivity contribution in [3.8, 4) is 0 Å². The molecule has 0 aromatic heterocycles. The summed E-state index contributed by atoms with van der Waals surface area (Å²) in [4.78, 5) is 0. The molecule has 2 aromatic carbocycles. The zero-order valence-corrected chi connectivity index (χ0v) is 9.14. The van der Waals surface area contributed by atoms with E-state index in [0.29, 0.717) is 12.8 Å². The maximum Gasteiger partial charge on any atom is 0.108 e.